The topological polar surface area (TPSA) is 152 Å². The normalized spacial score (nSPS) is 22.6. The van der Waals surface area contributed by atoms with E-state index in [4.69, 9.17) is 19.4 Å². The van der Waals surface area contributed by atoms with Gasteiger partial charge >= 0.3 is 0 Å². The maximum absolute atomic E-state index is 15.0. The molecule has 5 unspecified atom stereocenters. The Morgan fingerprint density at radius 2 is 1.86 bits per heavy atom. The van der Waals surface area contributed by atoms with Gasteiger partial charge in [-0.2, -0.15) is 0 Å². The van der Waals surface area contributed by atoms with Crippen molar-refractivity contribution in [2.75, 3.05) is 25.5 Å². The van der Waals surface area contributed by atoms with E-state index in [-0.39, 0.29) is 36.9 Å². The van der Waals surface area contributed by atoms with Crippen LogP contribution in [-0.2, 0) is 19.6 Å². The lowest BCUT2D eigenvalue weighted by atomic mass is 9.85. The zero-order chi connectivity index (χ0) is 41.7. The van der Waals surface area contributed by atoms with Crippen molar-refractivity contribution in [3.05, 3.63) is 63.6 Å². The Balaban J connectivity index is 1.22. The minimum atomic E-state index is -3.73. The van der Waals surface area contributed by atoms with Gasteiger partial charge in [-0.05, 0) is 90.8 Å². The summed E-state index contributed by atoms with van der Waals surface area (Å²) in [6.45, 7) is 14.9. The molecular weight excluding hydrogens is 841 g/mol. The van der Waals surface area contributed by atoms with E-state index >= 15 is 0 Å². The van der Waals surface area contributed by atoms with Gasteiger partial charge in [0.1, 0.15) is 34.1 Å². The maximum Gasteiger partial charge on any atom is 0.254 e. The highest BCUT2D eigenvalue weighted by Crippen LogP contribution is 2.47. The molecule has 5 atom stereocenters. The first-order chi connectivity index (χ1) is 27.4. The van der Waals surface area contributed by atoms with Crippen molar-refractivity contribution in [1.82, 2.24) is 24.9 Å². The minimum absolute atomic E-state index is 0.0272. The number of anilines is 1. The van der Waals surface area contributed by atoms with Crippen molar-refractivity contribution in [2.45, 2.75) is 115 Å². The standard InChI is InChI=1S/C43H55BrN6O6S2/c1-9-26-20-43(26,41(52)49-58(53,54)31-13-14-31)45-21-29-18-30(22-50(29)40(51)37(42(5,6)7)46-28-12-10-11-27(44)17-28)56-38-32-15-16-36(55-8)25(4)33(32)19-34(47-38)39-48-35(23-57-39)24(2)3/h10-12,15-17,19,23-24,26,29-31,37,45-46H,9,13-14,18,20-22H2,1-8H3,(H,49,52). The van der Waals surface area contributed by atoms with Crippen molar-refractivity contribution in [3.8, 4) is 22.3 Å². The molecule has 12 nitrogen and oxygen atoms in total. The lowest BCUT2D eigenvalue weighted by Gasteiger charge is -2.36. The van der Waals surface area contributed by atoms with Crippen LogP contribution in [0.25, 0.3) is 21.5 Å². The number of methoxy groups -OCH3 is 1. The summed E-state index contributed by atoms with van der Waals surface area (Å²) >= 11 is 5.11. The Morgan fingerprint density at radius 3 is 2.48 bits per heavy atom. The molecular formula is C43H55BrN6O6S2. The molecule has 3 aliphatic rings. The number of halogens is 1. The Labute approximate surface area is 354 Å². The number of ether oxygens (including phenoxy) is 2. The molecule has 3 heterocycles. The van der Waals surface area contributed by atoms with Gasteiger partial charge in [-0.15, -0.1) is 11.3 Å². The number of benzene rings is 2. The summed E-state index contributed by atoms with van der Waals surface area (Å²) in [4.78, 5) is 40.5. The molecule has 0 spiro atoms. The third kappa shape index (κ3) is 8.73. The number of fused-ring (bicyclic) bond motifs is 1. The van der Waals surface area contributed by atoms with E-state index in [0.29, 0.717) is 43.7 Å². The molecule has 1 saturated heterocycles. The van der Waals surface area contributed by atoms with E-state index in [2.05, 4.69) is 50.5 Å². The number of carbonyl (C=O) groups is 2. The van der Waals surface area contributed by atoms with Crippen LogP contribution < -0.4 is 24.8 Å². The second kappa shape index (κ2) is 16.3. The molecule has 7 rings (SSSR count). The summed E-state index contributed by atoms with van der Waals surface area (Å²) in [6.07, 6.45) is 2.37. The Kier molecular flexibility index (Phi) is 11.9. The van der Waals surface area contributed by atoms with Crippen molar-refractivity contribution in [1.29, 1.82) is 0 Å². The van der Waals surface area contributed by atoms with E-state index in [1.54, 1.807) is 18.4 Å². The fourth-order valence-electron chi connectivity index (χ4n) is 8.03. The molecule has 312 valence electrons. The molecule has 2 saturated carbocycles. The van der Waals surface area contributed by atoms with Crippen LogP contribution in [0.1, 0.15) is 90.8 Å². The van der Waals surface area contributed by atoms with Crippen LogP contribution in [0.2, 0.25) is 0 Å². The van der Waals surface area contributed by atoms with E-state index in [1.807, 2.05) is 82.0 Å². The largest absolute Gasteiger partial charge is 0.496 e. The Hall–Kier alpha value is -3.79. The summed E-state index contributed by atoms with van der Waals surface area (Å²) in [5.74, 6) is 0.821. The molecule has 4 aromatic rings. The van der Waals surface area contributed by atoms with Crippen LogP contribution >= 0.6 is 27.3 Å². The molecule has 1 aliphatic heterocycles. The molecule has 3 fully saturated rings. The molecule has 0 radical (unpaired) electrons. The number of pyridine rings is 1. The van der Waals surface area contributed by atoms with Gasteiger partial charge < -0.3 is 25.0 Å². The summed E-state index contributed by atoms with van der Waals surface area (Å²) in [5.41, 5.74) is 1.93. The van der Waals surface area contributed by atoms with Gasteiger partial charge in [0.2, 0.25) is 21.8 Å². The van der Waals surface area contributed by atoms with E-state index in [0.717, 1.165) is 42.9 Å². The molecule has 2 aromatic carbocycles. The predicted octanol–water partition coefficient (Wildman–Crippen LogP) is 7.80. The second-order valence-electron chi connectivity index (χ2n) is 17.4. The smallest absolute Gasteiger partial charge is 0.254 e. The first-order valence-electron chi connectivity index (χ1n) is 20.2. The van der Waals surface area contributed by atoms with Gasteiger partial charge in [0.15, 0.2) is 0 Å². The first kappa shape index (κ1) is 42.3. The van der Waals surface area contributed by atoms with Crippen molar-refractivity contribution >= 4 is 65.6 Å². The molecule has 15 heteroatoms. The van der Waals surface area contributed by atoms with E-state index in [9.17, 15) is 18.0 Å². The molecule has 2 aromatic heterocycles. The zero-order valence-electron chi connectivity index (χ0n) is 34.5. The number of aryl methyl sites for hydroxylation is 1. The van der Waals surface area contributed by atoms with Crippen molar-refractivity contribution in [2.24, 2.45) is 11.3 Å². The molecule has 2 amide bonds. The Morgan fingerprint density at radius 1 is 1.10 bits per heavy atom. The van der Waals surface area contributed by atoms with Crippen LogP contribution in [0.5, 0.6) is 11.6 Å². The molecule has 2 aliphatic carbocycles. The molecule has 58 heavy (non-hydrogen) atoms. The van der Waals surface area contributed by atoms with E-state index in [1.165, 1.54) is 0 Å². The molecule has 0 bridgehead atoms. The predicted molar refractivity (Wildman–Crippen MR) is 233 cm³/mol. The fraction of sp³-hybridized carbons (Fsp3) is 0.535. The van der Waals surface area contributed by atoms with Crippen LogP contribution in [0.3, 0.4) is 0 Å². The average molecular weight is 896 g/mol. The number of hydrogen-bond donors (Lipinski definition) is 3. The number of likely N-dealkylation sites (tertiary alicyclic amines) is 1. The maximum atomic E-state index is 15.0. The number of sulfonamides is 1. The lowest BCUT2D eigenvalue weighted by molar-refractivity contribution is -0.135. The number of amides is 2. The van der Waals surface area contributed by atoms with Gasteiger partial charge in [-0.25, -0.2) is 18.4 Å². The third-order valence-corrected chi connectivity index (χ3v) is 15.0. The van der Waals surface area contributed by atoms with Gasteiger partial charge in [0.05, 0.1) is 24.6 Å². The van der Waals surface area contributed by atoms with Crippen LogP contribution in [-0.4, -0.2) is 84.3 Å². The number of aromatic nitrogens is 2. The number of carbonyl (C=O) groups excluding carboxylic acids is 2. The highest BCUT2D eigenvalue weighted by molar-refractivity contribution is 9.10. The summed E-state index contributed by atoms with van der Waals surface area (Å²) in [5, 5.41) is 11.1. The quantitative estimate of drug-likeness (QED) is 0.108. The SMILES string of the molecule is CCC1CC1(NCC1CC(Oc2nc(-c3nc(C(C)C)cs3)cc3c(C)c(OC)ccc23)CN1C(=O)C(Nc1cccc(Br)c1)C(C)(C)C)C(=O)NS(=O)(=O)C1CC1. The summed E-state index contributed by atoms with van der Waals surface area (Å²) in [7, 11) is -2.08. The highest BCUT2D eigenvalue weighted by Gasteiger charge is 2.60. The number of nitrogens with zero attached hydrogens (tertiary/aromatic N) is 3. The lowest BCUT2D eigenvalue weighted by Crippen LogP contribution is -2.56. The van der Waals surface area contributed by atoms with E-state index < -0.39 is 44.3 Å². The van der Waals surface area contributed by atoms with Crippen LogP contribution in [0, 0.1) is 18.3 Å². The van der Waals surface area contributed by atoms with Gasteiger partial charge in [-0.3, -0.25) is 14.3 Å². The van der Waals surface area contributed by atoms with Gasteiger partial charge in [-0.1, -0.05) is 70.0 Å². The fourth-order valence-corrected chi connectivity index (χ4v) is 10.7. The number of rotatable bonds is 15. The monoisotopic (exact) mass is 894 g/mol. The van der Waals surface area contributed by atoms with Crippen LogP contribution in [0.4, 0.5) is 5.69 Å². The minimum Gasteiger partial charge on any atom is -0.496 e. The number of thiazole rings is 1. The molecule has 3 N–H and O–H groups in total. The van der Waals surface area contributed by atoms with Crippen LogP contribution in [0.15, 0.2) is 52.3 Å². The average Bonchev–Trinajstić information content (AvgIpc) is 4.06. The van der Waals surface area contributed by atoms with Crippen molar-refractivity contribution < 1.29 is 27.5 Å². The van der Waals surface area contributed by atoms with Gasteiger partial charge in [0.25, 0.3) is 5.91 Å². The highest BCUT2D eigenvalue weighted by atomic mass is 79.9. The Bertz CT molecular complexity index is 2310. The number of hydrogen-bond acceptors (Lipinski definition) is 11. The second-order valence-corrected chi connectivity index (χ2v) is 21.2. The zero-order valence-corrected chi connectivity index (χ0v) is 37.7. The van der Waals surface area contributed by atoms with Crippen molar-refractivity contribution in [3.63, 3.8) is 0 Å². The first-order valence-corrected chi connectivity index (χ1v) is 23.4. The third-order valence-electron chi connectivity index (χ3n) is 11.8. The number of nitrogens with one attached hydrogen (secondary N) is 3. The summed E-state index contributed by atoms with van der Waals surface area (Å²) in [6, 6.07) is 12.7. The van der Waals surface area contributed by atoms with Gasteiger partial charge in [0, 0.05) is 39.9 Å². The summed E-state index contributed by atoms with van der Waals surface area (Å²) < 4.78 is 41.6.